The number of phenols is 1. The maximum Gasteiger partial charge on any atom is 0.294 e. The minimum absolute atomic E-state index is 0.00314. The summed E-state index contributed by atoms with van der Waals surface area (Å²) in [5.74, 6) is -0.781. The van der Waals surface area contributed by atoms with Gasteiger partial charge in [0.1, 0.15) is 11.4 Å². The highest BCUT2D eigenvalue weighted by atomic mass is 32.2. The number of ether oxygens (including phenoxy) is 1. The van der Waals surface area contributed by atoms with E-state index in [0.717, 1.165) is 12.1 Å². The molecule has 4 N–H and O–H groups in total. The third kappa shape index (κ3) is 6.67. The predicted octanol–water partition coefficient (Wildman–Crippen LogP) is 6.72. The highest BCUT2D eigenvalue weighted by Gasteiger charge is 2.19. The highest BCUT2D eigenvalue weighted by Crippen LogP contribution is 2.39. The Bertz CT molecular complexity index is 1970. The van der Waals surface area contributed by atoms with Gasteiger partial charge in [-0.15, -0.1) is 5.11 Å². The Kier molecular flexibility index (Phi) is 8.14. The van der Waals surface area contributed by atoms with Crippen LogP contribution in [0.3, 0.4) is 0 Å². The molecule has 0 radical (unpaired) electrons. The summed E-state index contributed by atoms with van der Waals surface area (Å²) in [5, 5.41) is 26.2. The average Bonchev–Trinajstić information content (AvgIpc) is 3.00. The molecule has 43 heavy (non-hydrogen) atoms. The predicted molar refractivity (Wildman–Crippen MR) is 161 cm³/mol. The molecule has 0 heterocycles. The van der Waals surface area contributed by atoms with Gasteiger partial charge in [-0.1, -0.05) is 30.3 Å². The van der Waals surface area contributed by atoms with Crippen LogP contribution in [-0.2, 0) is 10.1 Å². The van der Waals surface area contributed by atoms with E-state index in [0.29, 0.717) is 33.6 Å². The number of carbonyl (C=O) groups excluding carboxylic acids is 2. The summed E-state index contributed by atoms with van der Waals surface area (Å²) in [7, 11) is -2.82. The number of fused-ring (bicyclic) bond motifs is 1. The lowest BCUT2D eigenvalue weighted by atomic mass is 10.0. The summed E-state index contributed by atoms with van der Waals surface area (Å²) in [6, 6.07) is 26.7. The maximum atomic E-state index is 13.1. The fraction of sp³-hybridized carbons (Fsp3) is 0.0323. The molecule has 0 bridgehead atoms. The lowest BCUT2D eigenvalue weighted by molar-refractivity contribution is 0.101. The van der Waals surface area contributed by atoms with E-state index in [1.807, 2.05) is 0 Å². The minimum Gasteiger partial charge on any atom is -0.505 e. The number of nitrogens with one attached hydrogen (secondary N) is 2. The third-order valence-electron chi connectivity index (χ3n) is 6.37. The zero-order chi connectivity index (χ0) is 30.6. The molecule has 0 aliphatic heterocycles. The van der Waals surface area contributed by atoms with E-state index in [1.165, 1.54) is 18.2 Å². The number of azo groups is 1. The van der Waals surface area contributed by atoms with Gasteiger partial charge >= 0.3 is 0 Å². The molecule has 216 valence electrons. The molecule has 0 saturated heterocycles. The molecule has 2 amide bonds. The number of rotatable bonds is 8. The Balaban J connectivity index is 1.40. The standard InChI is InChI=1S/C31H24N4O7S/c1-42-24-13-9-21(10-14-24)33-31(38)27-18-19-5-2-3-8-26(19)28(29(27)36)35-34-23-7-4-6-20(17-23)30(37)32-22-11-15-25(16-12-22)43(39,40)41/h2-18,36H,1H3,(H,32,37)(H,33,38)(H,39,40,41). The molecule has 5 aromatic carbocycles. The molecule has 0 aliphatic rings. The lowest BCUT2D eigenvalue weighted by Crippen LogP contribution is -2.12. The van der Waals surface area contributed by atoms with Crippen molar-refractivity contribution < 1.29 is 32.4 Å². The van der Waals surface area contributed by atoms with Gasteiger partial charge in [0.25, 0.3) is 21.9 Å². The SMILES string of the molecule is COc1ccc(NC(=O)c2cc3ccccc3c(N=Nc3cccc(C(=O)Nc4ccc(S(=O)(=O)O)cc4)c3)c2O)cc1. The van der Waals surface area contributed by atoms with Crippen molar-refractivity contribution in [3.63, 3.8) is 0 Å². The van der Waals surface area contributed by atoms with Crippen LogP contribution in [0.25, 0.3) is 10.8 Å². The van der Waals surface area contributed by atoms with Gasteiger partial charge in [-0.05, 0) is 78.2 Å². The van der Waals surface area contributed by atoms with Gasteiger partial charge in [0.2, 0.25) is 0 Å². The van der Waals surface area contributed by atoms with Crippen molar-refractivity contribution in [2.75, 3.05) is 17.7 Å². The third-order valence-corrected chi connectivity index (χ3v) is 7.24. The van der Waals surface area contributed by atoms with Gasteiger partial charge in [0, 0.05) is 22.3 Å². The molecule has 0 fully saturated rings. The molecule has 12 heteroatoms. The van der Waals surface area contributed by atoms with Crippen molar-refractivity contribution in [1.82, 2.24) is 0 Å². The van der Waals surface area contributed by atoms with E-state index in [-0.39, 0.29) is 27.5 Å². The van der Waals surface area contributed by atoms with Crippen molar-refractivity contribution >= 4 is 55.5 Å². The number of hydrogen-bond donors (Lipinski definition) is 4. The number of nitrogens with zero attached hydrogens (tertiary/aromatic N) is 2. The van der Waals surface area contributed by atoms with E-state index in [2.05, 4.69) is 20.9 Å². The first-order valence-electron chi connectivity index (χ1n) is 12.7. The highest BCUT2D eigenvalue weighted by molar-refractivity contribution is 7.85. The molecule has 0 saturated carbocycles. The Morgan fingerprint density at radius 1 is 0.767 bits per heavy atom. The molecule has 0 unspecified atom stereocenters. The Labute approximate surface area is 246 Å². The van der Waals surface area contributed by atoms with Crippen LogP contribution in [-0.4, -0.2) is 37.0 Å². The van der Waals surface area contributed by atoms with Gasteiger partial charge in [-0.2, -0.15) is 13.5 Å². The van der Waals surface area contributed by atoms with Gasteiger partial charge < -0.3 is 20.5 Å². The number of methoxy groups -OCH3 is 1. The first-order chi connectivity index (χ1) is 20.6. The van der Waals surface area contributed by atoms with Crippen molar-refractivity contribution in [3.05, 3.63) is 114 Å². The molecule has 5 aromatic rings. The Morgan fingerprint density at radius 2 is 1.42 bits per heavy atom. The van der Waals surface area contributed by atoms with Crippen LogP contribution in [0, 0.1) is 0 Å². The Morgan fingerprint density at radius 3 is 2.09 bits per heavy atom. The summed E-state index contributed by atoms with van der Waals surface area (Å²) < 4.78 is 36.7. The van der Waals surface area contributed by atoms with Crippen molar-refractivity contribution in [1.29, 1.82) is 0 Å². The fourth-order valence-corrected chi connectivity index (χ4v) is 4.68. The fourth-order valence-electron chi connectivity index (χ4n) is 4.20. The summed E-state index contributed by atoms with van der Waals surface area (Å²) in [4.78, 5) is 25.6. The second-order valence-electron chi connectivity index (χ2n) is 9.23. The van der Waals surface area contributed by atoms with E-state index in [4.69, 9.17) is 9.29 Å². The smallest absolute Gasteiger partial charge is 0.294 e. The van der Waals surface area contributed by atoms with E-state index >= 15 is 0 Å². The molecule has 0 atom stereocenters. The first-order valence-corrected chi connectivity index (χ1v) is 14.2. The summed E-state index contributed by atoms with van der Waals surface area (Å²) in [6.07, 6.45) is 0. The first kappa shape index (κ1) is 28.9. The topological polar surface area (TPSA) is 167 Å². The van der Waals surface area contributed by atoms with Crippen LogP contribution in [0.5, 0.6) is 11.5 Å². The van der Waals surface area contributed by atoms with E-state index in [9.17, 15) is 23.1 Å². The second kappa shape index (κ2) is 12.1. The lowest BCUT2D eigenvalue weighted by Gasteiger charge is -2.11. The van der Waals surface area contributed by atoms with E-state index < -0.39 is 21.9 Å². The molecular formula is C31H24N4O7S. The van der Waals surface area contributed by atoms with Crippen molar-refractivity contribution in [3.8, 4) is 11.5 Å². The number of carbonyl (C=O) groups is 2. The normalized spacial score (nSPS) is 11.4. The van der Waals surface area contributed by atoms with Crippen LogP contribution < -0.4 is 15.4 Å². The van der Waals surface area contributed by atoms with Gasteiger partial charge in [0.05, 0.1) is 23.3 Å². The number of anilines is 2. The molecule has 5 rings (SSSR count). The average molecular weight is 597 g/mol. The Hall–Kier alpha value is -5.59. The zero-order valence-electron chi connectivity index (χ0n) is 22.6. The molecule has 11 nitrogen and oxygen atoms in total. The largest absolute Gasteiger partial charge is 0.505 e. The molecule has 0 aromatic heterocycles. The molecule has 0 aliphatic carbocycles. The number of hydrogen-bond acceptors (Lipinski definition) is 8. The van der Waals surface area contributed by atoms with E-state index in [1.54, 1.807) is 79.9 Å². The number of amides is 2. The second-order valence-corrected chi connectivity index (χ2v) is 10.7. The number of phenolic OH excluding ortho intramolecular Hbond substituents is 1. The van der Waals surface area contributed by atoms with Gasteiger partial charge in [-0.3, -0.25) is 14.1 Å². The number of benzene rings is 5. The van der Waals surface area contributed by atoms with Crippen LogP contribution in [0.1, 0.15) is 20.7 Å². The van der Waals surface area contributed by atoms with Crippen LogP contribution in [0.4, 0.5) is 22.7 Å². The minimum atomic E-state index is -4.36. The van der Waals surface area contributed by atoms with Gasteiger partial charge in [-0.25, -0.2) is 0 Å². The zero-order valence-corrected chi connectivity index (χ0v) is 23.4. The maximum absolute atomic E-state index is 13.1. The molecule has 0 spiro atoms. The quantitative estimate of drug-likeness (QED) is 0.114. The summed E-state index contributed by atoms with van der Waals surface area (Å²) in [6.45, 7) is 0. The van der Waals surface area contributed by atoms with Crippen LogP contribution in [0.2, 0.25) is 0 Å². The number of aromatic hydroxyl groups is 1. The van der Waals surface area contributed by atoms with Crippen LogP contribution >= 0.6 is 0 Å². The van der Waals surface area contributed by atoms with Gasteiger partial charge in [0.15, 0.2) is 5.75 Å². The van der Waals surface area contributed by atoms with Crippen molar-refractivity contribution in [2.45, 2.75) is 4.90 Å². The monoisotopic (exact) mass is 596 g/mol. The van der Waals surface area contributed by atoms with Crippen molar-refractivity contribution in [2.24, 2.45) is 10.2 Å². The summed E-state index contributed by atoms with van der Waals surface area (Å²) in [5.41, 5.74) is 1.42. The molecular weight excluding hydrogens is 572 g/mol. The van der Waals surface area contributed by atoms with Crippen LogP contribution in [0.15, 0.2) is 118 Å². The summed E-state index contributed by atoms with van der Waals surface area (Å²) >= 11 is 0.